The van der Waals surface area contributed by atoms with E-state index >= 15 is 0 Å². The van der Waals surface area contributed by atoms with Crippen molar-refractivity contribution in [1.29, 1.82) is 0 Å². The summed E-state index contributed by atoms with van der Waals surface area (Å²) in [6.07, 6.45) is 9.18. The predicted octanol–water partition coefficient (Wildman–Crippen LogP) is 6.33. The van der Waals surface area contributed by atoms with Crippen LogP contribution in [0.25, 0.3) is 0 Å². The van der Waals surface area contributed by atoms with E-state index in [4.69, 9.17) is 4.74 Å². The van der Waals surface area contributed by atoms with E-state index in [1.165, 1.54) is 44.2 Å². The Bertz CT molecular complexity index is 1030. The molecule has 2 aromatic rings. The van der Waals surface area contributed by atoms with Gasteiger partial charge >= 0.3 is 0 Å². The Balaban J connectivity index is 1.46. The zero-order chi connectivity index (χ0) is 28.0. The molecule has 0 aliphatic carbocycles. The number of nitrogens with one attached hydrogen (secondary N) is 1. The van der Waals surface area contributed by atoms with E-state index in [0.29, 0.717) is 25.8 Å². The number of amides is 1. The van der Waals surface area contributed by atoms with Crippen LogP contribution in [0.3, 0.4) is 0 Å². The fourth-order valence-electron chi connectivity index (χ4n) is 5.49. The van der Waals surface area contributed by atoms with Gasteiger partial charge < -0.3 is 19.9 Å². The van der Waals surface area contributed by atoms with Crippen molar-refractivity contribution in [2.45, 2.75) is 78.6 Å². The van der Waals surface area contributed by atoms with E-state index in [0.717, 1.165) is 54.7 Å². The van der Waals surface area contributed by atoms with Gasteiger partial charge in [0, 0.05) is 50.8 Å². The van der Waals surface area contributed by atoms with Crippen LogP contribution in [0.4, 0.5) is 11.4 Å². The summed E-state index contributed by atoms with van der Waals surface area (Å²) in [7, 11) is 1.65. The minimum Gasteiger partial charge on any atom is -0.497 e. The lowest BCUT2D eigenvalue weighted by atomic mass is 9.91. The van der Waals surface area contributed by atoms with Crippen molar-refractivity contribution in [3.05, 3.63) is 53.6 Å². The molecule has 0 radical (unpaired) electrons. The largest absolute Gasteiger partial charge is 0.497 e. The summed E-state index contributed by atoms with van der Waals surface area (Å²) in [5.74, 6) is 1.80. The van der Waals surface area contributed by atoms with Gasteiger partial charge in [0.2, 0.25) is 5.91 Å². The maximum absolute atomic E-state index is 12.6. The number of nitrogens with zero attached hydrogens (tertiary/aromatic N) is 2. The molecule has 2 aromatic carbocycles. The van der Waals surface area contributed by atoms with E-state index in [1.807, 2.05) is 24.3 Å². The quantitative estimate of drug-likeness (QED) is 0.254. The fraction of sp³-hybridized carbons (Fsp3) is 0.576. The number of piperidine rings is 1. The first-order valence-corrected chi connectivity index (χ1v) is 14.9. The van der Waals surface area contributed by atoms with Crippen molar-refractivity contribution in [1.82, 2.24) is 5.32 Å². The second-order valence-electron chi connectivity index (χ2n) is 11.0. The molecule has 0 bridgehead atoms. The third-order valence-corrected chi connectivity index (χ3v) is 7.94. The molecule has 0 atom stereocenters. The van der Waals surface area contributed by atoms with Crippen molar-refractivity contribution in [2.75, 3.05) is 49.6 Å². The van der Waals surface area contributed by atoms with Crippen molar-refractivity contribution < 1.29 is 14.3 Å². The lowest BCUT2D eigenvalue weighted by Crippen LogP contribution is -2.34. The standard InChI is InChI=1S/C33H49N3O3/c1-5-20-34-21-7-6-8-28-17-22-35(23-18-28)30-12-16-33(26(2)25-30)36(27(3)37)24-19-31(38)13-9-29-10-14-32(39-4)15-11-29/h10-12,14-16,25,28,34H,5-9,13,17-24H2,1-4H3. The molecule has 39 heavy (non-hydrogen) atoms. The second kappa shape index (κ2) is 16.3. The number of rotatable bonds is 16. The summed E-state index contributed by atoms with van der Waals surface area (Å²) in [4.78, 5) is 29.4. The molecule has 0 saturated carbocycles. The van der Waals surface area contributed by atoms with Crippen LogP contribution in [0.5, 0.6) is 5.75 Å². The highest BCUT2D eigenvalue weighted by molar-refractivity contribution is 5.93. The minimum absolute atomic E-state index is 0.0282. The molecule has 0 spiro atoms. The van der Waals surface area contributed by atoms with E-state index < -0.39 is 0 Å². The second-order valence-corrected chi connectivity index (χ2v) is 11.0. The summed E-state index contributed by atoms with van der Waals surface area (Å²) in [6, 6.07) is 14.2. The number of unbranched alkanes of at least 4 members (excludes halogenated alkanes) is 1. The molecule has 1 heterocycles. The lowest BCUT2D eigenvalue weighted by Gasteiger charge is -2.34. The molecular formula is C33H49N3O3. The van der Waals surface area contributed by atoms with Crippen molar-refractivity contribution in [2.24, 2.45) is 5.92 Å². The first kappa shape index (κ1) is 30.7. The van der Waals surface area contributed by atoms with E-state index in [2.05, 4.69) is 42.3 Å². The molecule has 214 valence electrons. The molecule has 0 aromatic heterocycles. The number of anilines is 2. The number of ketones is 1. The average molecular weight is 536 g/mol. The molecule has 6 heteroatoms. The molecule has 1 N–H and O–H groups in total. The Morgan fingerprint density at radius 2 is 1.77 bits per heavy atom. The van der Waals surface area contributed by atoms with Crippen LogP contribution in [0.1, 0.15) is 76.3 Å². The summed E-state index contributed by atoms with van der Waals surface area (Å²) in [5, 5.41) is 3.50. The molecule has 6 nitrogen and oxygen atoms in total. The van der Waals surface area contributed by atoms with Gasteiger partial charge in [0.25, 0.3) is 0 Å². The van der Waals surface area contributed by atoms with Crippen LogP contribution >= 0.6 is 0 Å². The summed E-state index contributed by atoms with van der Waals surface area (Å²) < 4.78 is 5.20. The molecule has 1 saturated heterocycles. The maximum Gasteiger partial charge on any atom is 0.223 e. The van der Waals surface area contributed by atoms with Gasteiger partial charge in [0.05, 0.1) is 7.11 Å². The van der Waals surface area contributed by atoms with Crippen molar-refractivity contribution in [3.63, 3.8) is 0 Å². The Kier molecular flexibility index (Phi) is 12.8. The Morgan fingerprint density at radius 1 is 1.03 bits per heavy atom. The molecule has 1 fully saturated rings. The third kappa shape index (κ3) is 9.99. The van der Waals surface area contributed by atoms with Crippen LogP contribution in [0.15, 0.2) is 42.5 Å². The van der Waals surface area contributed by atoms with Gasteiger partial charge in [-0.1, -0.05) is 31.9 Å². The number of methoxy groups -OCH3 is 1. The molecule has 1 aliphatic rings. The molecule has 0 unspecified atom stereocenters. The van der Waals surface area contributed by atoms with Crippen molar-refractivity contribution >= 4 is 23.1 Å². The lowest BCUT2D eigenvalue weighted by molar-refractivity contribution is -0.119. The van der Waals surface area contributed by atoms with Crippen LogP contribution < -0.4 is 19.9 Å². The van der Waals surface area contributed by atoms with E-state index in [-0.39, 0.29) is 11.7 Å². The molecule has 1 aliphatic heterocycles. The number of carbonyl (C=O) groups is 2. The highest BCUT2D eigenvalue weighted by atomic mass is 16.5. The fourth-order valence-corrected chi connectivity index (χ4v) is 5.49. The Hall–Kier alpha value is -2.86. The normalized spacial score (nSPS) is 13.9. The minimum atomic E-state index is -0.0282. The van der Waals surface area contributed by atoms with E-state index in [1.54, 1.807) is 18.9 Å². The number of Topliss-reactive ketones (excluding diaryl/α,β-unsaturated/α-hetero) is 1. The highest BCUT2D eigenvalue weighted by Gasteiger charge is 2.21. The number of carbonyl (C=O) groups excluding carboxylic acids is 2. The van der Waals surface area contributed by atoms with Crippen LogP contribution in [0.2, 0.25) is 0 Å². The monoisotopic (exact) mass is 535 g/mol. The van der Waals surface area contributed by atoms with Crippen molar-refractivity contribution in [3.8, 4) is 5.75 Å². The molecule has 1 amide bonds. The van der Waals surface area contributed by atoms with Gasteiger partial charge in [-0.25, -0.2) is 0 Å². The molecular weight excluding hydrogens is 486 g/mol. The van der Waals surface area contributed by atoms with Gasteiger partial charge in [-0.3, -0.25) is 9.59 Å². The number of benzene rings is 2. The Labute approximate surface area is 236 Å². The number of aryl methyl sites for hydroxylation is 2. The first-order chi connectivity index (χ1) is 18.9. The predicted molar refractivity (Wildman–Crippen MR) is 162 cm³/mol. The summed E-state index contributed by atoms with van der Waals surface area (Å²) >= 11 is 0. The van der Waals surface area contributed by atoms with Gasteiger partial charge in [0.15, 0.2) is 0 Å². The number of hydrogen-bond acceptors (Lipinski definition) is 5. The van der Waals surface area contributed by atoms with Crippen LogP contribution in [-0.2, 0) is 16.0 Å². The van der Waals surface area contributed by atoms with Crippen LogP contribution in [-0.4, -0.2) is 51.5 Å². The average Bonchev–Trinajstić information content (AvgIpc) is 2.95. The molecule has 3 rings (SSSR count). The summed E-state index contributed by atoms with van der Waals surface area (Å²) in [5.41, 5.74) is 4.33. The first-order valence-electron chi connectivity index (χ1n) is 14.9. The van der Waals surface area contributed by atoms with Gasteiger partial charge in [-0.2, -0.15) is 0 Å². The summed E-state index contributed by atoms with van der Waals surface area (Å²) in [6.45, 7) is 10.7. The van der Waals surface area contributed by atoms with Gasteiger partial charge in [-0.15, -0.1) is 0 Å². The zero-order valence-corrected chi connectivity index (χ0v) is 24.6. The highest BCUT2D eigenvalue weighted by Crippen LogP contribution is 2.30. The Morgan fingerprint density at radius 3 is 2.41 bits per heavy atom. The van der Waals surface area contributed by atoms with Gasteiger partial charge in [-0.05, 0) is 99.5 Å². The smallest absolute Gasteiger partial charge is 0.223 e. The maximum atomic E-state index is 12.6. The zero-order valence-electron chi connectivity index (χ0n) is 24.6. The number of hydrogen-bond donors (Lipinski definition) is 1. The number of ether oxygens (including phenoxy) is 1. The van der Waals surface area contributed by atoms with E-state index in [9.17, 15) is 9.59 Å². The topological polar surface area (TPSA) is 61.9 Å². The van der Waals surface area contributed by atoms with Crippen LogP contribution in [0, 0.1) is 12.8 Å². The third-order valence-electron chi connectivity index (χ3n) is 7.94. The van der Waals surface area contributed by atoms with Gasteiger partial charge in [0.1, 0.15) is 11.5 Å². The SMILES string of the molecule is CCCNCCCCC1CCN(c2ccc(N(CCC(=O)CCc3ccc(OC)cc3)C(C)=O)c(C)c2)CC1.